The molecule has 9 nitrogen and oxygen atoms in total. The van der Waals surface area contributed by atoms with E-state index in [9.17, 15) is 4.39 Å². The van der Waals surface area contributed by atoms with Gasteiger partial charge in [0, 0.05) is 50.4 Å². The van der Waals surface area contributed by atoms with Gasteiger partial charge in [-0.25, -0.2) is 9.37 Å². The molecule has 1 aliphatic carbocycles. The highest BCUT2D eigenvalue weighted by Gasteiger charge is 2.43. The number of ether oxygens (including phenoxy) is 2. The van der Waals surface area contributed by atoms with Crippen molar-refractivity contribution in [1.82, 2.24) is 24.6 Å². The monoisotopic (exact) mass is 509 g/mol. The molecule has 3 aromatic rings. The lowest BCUT2D eigenvalue weighted by Gasteiger charge is -2.52. The van der Waals surface area contributed by atoms with Crippen LogP contribution in [0.5, 0.6) is 5.75 Å². The predicted molar refractivity (Wildman–Crippen MR) is 140 cm³/mol. The Morgan fingerprint density at radius 2 is 2.03 bits per heavy atom. The van der Waals surface area contributed by atoms with Crippen LogP contribution in [0.4, 0.5) is 16.2 Å². The summed E-state index contributed by atoms with van der Waals surface area (Å²) in [6, 6.07) is 6.44. The number of benzene rings is 1. The van der Waals surface area contributed by atoms with Crippen molar-refractivity contribution in [2.75, 3.05) is 51.0 Å². The van der Waals surface area contributed by atoms with E-state index in [1.54, 1.807) is 13.3 Å². The second-order valence-electron chi connectivity index (χ2n) is 11.0. The van der Waals surface area contributed by atoms with Gasteiger partial charge in [-0.15, -0.1) is 0 Å². The Bertz CT molecular complexity index is 1250. The first-order chi connectivity index (χ1) is 18.0. The van der Waals surface area contributed by atoms with Gasteiger partial charge in [0.25, 0.3) is 0 Å². The summed E-state index contributed by atoms with van der Waals surface area (Å²) >= 11 is 0. The van der Waals surface area contributed by atoms with Gasteiger partial charge in [0.15, 0.2) is 5.82 Å². The summed E-state index contributed by atoms with van der Waals surface area (Å²) < 4.78 is 26.9. The highest BCUT2D eigenvalue weighted by molar-refractivity contribution is 5.86. The van der Waals surface area contributed by atoms with E-state index in [0.29, 0.717) is 42.7 Å². The molecule has 198 valence electrons. The van der Waals surface area contributed by atoms with Crippen LogP contribution in [0, 0.1) is 11.3 Å². The average Bonchev–Trinajstić information content (AvgIpc) is 3.48. The second-order valence-corrected chi connectivity index (χ2v) is 11.0. The van der Waals surface area contributed by atoms with Crippen molar-refractivity contribution >= 4 is 22.8 Å². The van der Waals surface area contributed by atoms with Crippen LogP contribution in [-0.2, 0) is 17.8 Å². The Hall–Kier alpha value is -2.98. The molecule has 37 heavy (non-hydrogen) atoms. The summed E-state index contributed by atoms with van der Waals surface area (Å²) in [4.78, 5) is 11.3. The Labute approximate surface area is 216 Å². The first kappa shape index (κ1) is 24.4. The summed E-state index contributed by atoms with van der Waals surface area (Å²) in [7, 11) is 1.71. The van der Waals surface area contributed by atoms with E-state index in [0.717, 1.165) is 56.1 Å². The van der Waals surface area contributed by atoms with Crippen LogP contribution in [0.25, 0.3) is 11.0 Å². The molecule has 2 atom stereocenters. The molecule has 3 fully saturated rings. The van der Waals surface area contributed by atoms with Gasteiger partial charge in [0.05, 0.1) is 19.9 Å². The van der Waals surface area contributed by atoms with E-state index in [2.05, 4.69) is 43.5 Å². The Morgan fingerprint density at radius 3 is 2.78 bits per heavy atom. The lowest BCUT2D eigenvalue weighted by atomic mass is 9.73. The molecular weight excluding hydrogens is 473 g/mol. The number of nitrogen functional groups attached to an aromatic ring is 1. The number of nitrogens with two attached hydrogens (primary N) is 1. The molecule has 2 saturated heterocycles. The van der Waals surface area contributed by atoms with E-state index in [-0.39, 0.29) is 11.9 Å². The van der Waals surface area contributed by atoms with Crippen LogP contribution in [0.1, 0.15) is 43.2 Å². The number of halogens is 1. The normalized spacial score (nSPS) is 23.4. The Kier molecular flexibility index (Phi) is 6.62. The molecule has 4 heterocycles. The molecule has 0 amide bonds. The highest BCUT2D eigenvalue weighted by atomic mass is 19.1. The summed E-state index contributed by atoms with van der Waals surface area (Å²) in [6.07, 6.45) is 5.46. The van der Waals surface area contributed by atoms with Crippen molar-refractivity contribution in [1.29, 1.82) is 0 Å². The fraction of sp³-hybridized carbons (Fsp3) is 0.593. The maximum atomic E-state index is 13.6. The molecule has 2 aromatic heterocycles. The third kappa shape index (κ3) is 5.09. The molecule has 1 aromatic carbocycles. The molecule has 0 radical (unpaired) electrons. The third-order valence-corrected chi connectivity index (χ3v) is 8.29. The van der Waals surface area contributed by atoms with Gasteiger partial charge in [-0.3, -0.25) is 9.58 Å². The van der Waals surface area contributed by atoms with E-state index in [1.807, 2.05) is 4.68 Å². The zero-order valence-electron chi connectivity index (χ0n) is 21.5. The Morgan fingerprint density at radius 1 is 1.19 bits per heavy atom. The molecule has 1 spiro atoms. The van der Waals surface area contributed by atoms with Crippen molar-refractivity contribution < 1.29 is 13.9 Å². The maximum Gasteiger partial charge on any atom is 0.222 e. The van der Waals surface area contributed by atoms with Crippen molar-refractivity contribution in [3.63, 3.8) is 0 Å². The van der Waals surface area contributed by atoms with E-state index < -0.39 is 6.17 Å². The zero-order chi connectivity index (χ0) is 25.4. The largest absolute Gasteiger partial charge is 0.496 e. The molecule has 3 N–H and O–H groups in total. The van der Waals surface area contributed by atoms with Crippen LogP contribution >= 0.6 is 0 Å². The molecule has 0 bridgehead atoms. The number of anilines is 2. The number of likely N-dealkylation sites (tertiary alicyclic amines) is 1. The minimum absolute atomic E-state index is 0.194. The molecule has 6 rings (SSSR count). The highest BCUT2D eigenvalue weighted by Crippen LogP contribution is 2.40. The molecule has 2 aliphatic heterocycles. The van der Waals surface area contributed by atoms with Crippen molar-refractivity contribution in [3.05, 3.63) is 35.5 Å². The summed E-state index contributed by atoms with van der Waals surface area (Å²) in [5, 5.41) is 7.98. The number of nitrogens with zero attached hydrogens (tertiary/aromatic N) is 5. The minimum Gasteiger partial charge on any atom is -0.496 e. The molecular formula is C27H36FN7O2. The van der Waals surface area contributed by atoms with Crippen molar-refractivity contribution in [2.45, 2.75) is 51.4 Å². The first-order valence-electron chi connectivity index (χ1n) is 13.3. The van der Waals surface area contributed by atoms with Gasteiger partial charge in [0.1, 0.15) is 23.0 Å². The van der Waals surface area contributed by atoms with Crippen LogP contribution < -0.4 is 15.8 Å². The summed E-state index contributed by atoms with van der Waals surface area (Å²) in [6.45, 7) is 6.17. The number of alkyl halides is 1. The lowest BCUT2D eigenvalue weighted by molar-refractivity contribution is -0.0839. The number of nitrogens with one attached hydrogen (secondary N) is 1. The standard InChI is InChI=1S/C27H36FN7O2/c1-36-23-11-19(14-34-16-27(17-34)6-8-37-9-7-27)2-4-20(23)15-35-24-22(13-31-35)32-26(29)33-25(24)30-12-18-3-5-21(28)10-18/h2,4,11,13,18,21H,3,5-10,12,14-17H2,1H3,(H3,29,30,32,33). The topological polar surface area (TPSA) is 103 Å². The molecule has 1 saturated carbocycles. The van der Waals surface area contributed by atoms with Crippen molar-refractivity contribution in [2.24, 2.45) is 11.3 Å². The smallest absolute Gasteiger partial charge is 0.222 e. The number of rotatable bonds is 8. The molecule has 10 heteroatoms. The van der Waals surface area contributed by atoms with Gasteiger partial charge in [-0.05, 0) is 49.7 Å². The minimum atomic E-state index is -0.702. The molecule has 3 aliphatic rings. The van der Waals surface area contributed by atoms with Gasteiger partial charge in [0.2, 0.25) is 5.95 Å². The maximum absolute atomic E-state index is 13.6. The number of aromatic nitrogens is 4. The van der Waals surface area contributed by atoms with Crippen LogP contribution in [-0.4, -0.2) is 70.8 Å². The van der Waals surface area contributed by atoms with Gasteiger partial charge < -0.3 is 20.5 Å². The quantitative estimate of drug-likeness (QED) is 0.475. The lowest BCUT2D eigenvalue weighted by Crippen LogP contribution is -2.57. The van der Waals surface area contributed by atoms with Gasteiger partial charge in [-0.2, -0.15) is 10.1 Å². The van der Waals surface area contributed by atoms with Gasteiger partial charge >= 0.3 is 0 Å². The first-order valence-corrected chi connectivity index (χ1v) is 13.3. The Balaban J connectivity index is 1.17. The van der Waals surface area contributed by atoms with E-state index in [4.69, 9.17) is 15.2 Å². The number of hydrogen-bond donors (Lipinski definition) is 2. The second kappa shape index (κ2) is 10.1. The number of hydrogen-bond acceptors (Lipinski definition) is 8. The fourth-order valence-electron chi connectivity index (χ4n) is 6.27. The van der Waals surface area contributed by atoms with Gasteiger partial charge in [-0.1, -0.05) is 12.1 Å². The summed E-state index contributed by atoms with van der Waals surface area (Å²) in [5.74, 6) is 1.96. The third-order valence-electron chi connectivity index (χ3n) is 8.29. The summed E-state index contributed by atoms with van der Waals surface area (Å²) in [5.41, 5.74) is 10.2. The fourth-order valence-corrected chi connectivity index (χ4v) is 6.27. The predicted octanol–water partition coefficient (Wildman–Crippen LogP) is 3.63. The number of fused-ring (bicyclic) bond motifs is 1. The SMILES string of the molecule is COc1cc(CN2CC3(CCOCC3)C2)ccc1Cn1ncc2nc(N)nc(NCC3CCC(F)C3)c21. The average molecular weight is 510 g/mol. The zero-order valence-corrected chi connectivity index (χ0v) is 21.5. The van der Waals surface area contributed by atoms with E-state index >= 15 is 0 Å². The van der Waals surface area contributed by atoms with E-state index in [1.165, 1.54) is 18.4 Å². The number of methoxy groups -OCH3 is 1. The van der Waals surface area contributed by atoms with Crippen LogP contribution in [0.3, 0.4) is 0 Å². The molecule has 2 unspecified atom stereocenters. The van der Waals surface area contributed by atoms with Crippen LogP contribution in [0.15, 0.2) is 24.4 Å². The van der Waals surface area contributed by atoms with Crippen molar-refractivity contribution in [3.8, 4) is 5.75 Å². The van der Waals surface area contributed by atoms with Crippen LogP contribution in [0.2, 0.25) is 0 Å².